The maximum Gasteiger partial charge on any atom is 0.337 e. The fourth-order valence-electron chi connectivity index (χ4n) is 3.52. The SMILES string of the molecule is CCOc1ccc(-n2c(SCC(=O)Nc3ccc(C(=O)OC)cc3)nnc2-c2ccc(OC)cc2)cc1. The van der Waals surface area contributed by atoms with Gasteiger partial charge in [0.15, 0.2) is 11.0 Å². The highest BCUT2D eigenvalue weighted by molar-refractivity contribution is 7.99. The second-order valence-corrected chi connectivity index (χ2v) is 8.65. The minimum absolute atomic E-state index is 0.108. The Labute approximate surface area is 218 Å². The van der Waals surface area contributed by atoms with Crippen molar-refractivity contribution in [1.29, 1.82) is 0 Å². The lowest BCUT2D eigenvalue weighted by atomic mass is 10.2. The molecule has 190 valence electrons. The molecule has 4 aromatic rings. The van der Waals surface area contributed by atoms with Crippen LogP contribution in [0.5, 0.6) is 11.5 Å². The molecular weight excluding hydrogens is 492 g/mol. The Morgan fingerprint density at radius 3 is 2.19 bits per heavy atom. The van der Waals surface area contributed by atoms with Crippen molar-refractivity contribution >= 4 is 29.3 Å². The molecule has 0 radical (unpaired) electrons. The standard InChI is InChI=1S/C27H26N4O5S/c1-4-36-23-15-11-21(12-16-23)31-25(18-7-13-22(34-2)14-8-18)29-30-27(31)37-17-24(32)28-20-9-5-19(6-10-20)26(33)35-3/h5-16H,4,17H2,1-3H3,(H,28,32). The van der Waals surface area contributed by atoms with Gasteiger partial charge in [0.25, 0.3) is 0 Å². The summed E-state index contributed by atoms with van der Waals surface area (Å²) >= 11 is 1.27. The fourth-order valence-corrected chi connectivity index (χ4v) is 4.27. The van der Waals surface area contributed by atoms with E-state index in [0.29, 0.717) is 28.8 Å². The highest BCUT2D eigenvalue weighted by atomic mass is 32.2. The number of benzene rings is 3. The summed E-state index contributed by atoms with van der Waals surface area (Å²) in [5, 5.41) is 12.2. The molecule has 0 aliphatic rings. The van der Waals surface area contributed by atoms with E-state index in [1.54, 1.807) is 31.4 Å². The number of esters is 1. The van der Waals surface area contributed by atoms with E-state index in [1.807, 2.05) is 60.0 Å². The summed E-state index contributed by atoms with van der Waals surface area (Å²) in [5.74, 6) is 1.58. The molecule has 1 heterocycles. The molecule has 1 amide bonds. The zero-order chi connectivity index (χ0) is 26.2. The van der Waals surface area contributed by atoms with E-state index in [2.05, 4.69) is 15.5 Å². The molecule has 0 fully saturated rings. The maximum atomic E-state index is 12.7. The van der Waals surface area contributed by atoms with Gasteiger partial charge in [-0.2, -0.15) is 0 Å². The van der Waals surface area contributed by atoms with E-state index in [0.717, 1.165) is 22.7 Å². The Morgan fingerprint density at radius 2 is 1.57 bits per heavy atom. The number of aromatic nitrogens is 3. The molecular formula is C27H26N4O5S. The number of ether oxygens (including phenoxy) is 3. The van der Waals surface area contributed by atoms with Gasteiger partial charge in [-0.25, -0.2) is 4.79 Å². The van der Waals surface area contributed by atoms with Gasteiger partial charge in [0.1, 0.15) is 11.5 Å². The quantitative estimate of drug-likeness (QED) is 0.234. The van der Waals surface area contributed by atoms with E-state index in [-0.39, 0.29) is 11.7 Å². The summed E-state index contributed by atoms with van der Waals surface area (Å²) in [6.07, 6.45) is 0. The van der Waals surface area contributed by atoms with E-state index in [1.165, 1.54) is 18.9 Å². The zero-order valence-corrected chi connectivity index (χ0v) is 21.5. The highest BCUT2D eigenvalue weighted by Gasteiger charge is 2.18. The van der Waals surface area contributed by atoms with Crippen LogP contribution in [0.2, 0.25) is 0 Å². The van der Waals surface area contributed by atoms with Gasteiger partial charge in [0, 0.05) is 16.9 Å². The molecule has 1 N–H and O–H groups in total. The Kier molecular flexibility index (Phi) is 8.42. The van der Waals surface area contributed by atoms with Crippen LogP contribution in [0, 0.1) is 0 Å². The molecule has 10 heteroatoms. The lowest BCUT2D eigenvalue weighted by Gasteiger charge is -2.12. The molecule has 0 spiro atoms. The lowest BCUT2D eigenvalue weighted by Crippen LogP contribution is -2.14. The lowest BCUT2D eigenvalue weighted by molar-refractivity contribution is -0.113. The number of hydrogen-bond donors (Lipinski definition) is 1. The van der Waals surface area contributed by atoms with E-state index < -0.39 is 5.97 Å². The van der Waals surface area contributed by atoms with Gasteiger partial charge < -0.3 is 19.5 Å². The van der Waals surface area contributed by atoms with Crippen molar-refractivity contribution in [3.05, 3.63) is 78.4 Å². The number of rotatable bonds is 10. The number of anilines is 1. The topological polar surface area (TPSA) is 105 Å². The Morgan fingerprint density at radius 1 is 0.892 bits per heavy atom. The van der Waals surface area contributed by atoms with E-state index in [4.69, 9.17) is 14.2 Å². The largest absolute Gasteiger partial charge is 0.497 e. The van der Waals surface area contributed by atoms with Gasteiger partial charge in [-0.3, -0.25) is 9.36 Å². The smallest absolute Gasteiger partial charge is 0.337 e. The van der Waals surface area contributed by atoms with Crippen LogP contribution in [-0.4, -0.2) is 53.2 Å². The summed E-state index contributed by atoms with van der Waals surface area (Å²) in [7, 11) is 2.94. The van der Waals surface area contributed by atoms with Crippen LogP contribution in [0.3, 0.4) is 0 Å². The Hall–Kier alpha value is -4.31. The molecule has 9 nitrogen and oxygen atoms in total. The summed E-state index contributed by atoms with van der Waals surface area (Å²) in [6.45, 7) is 2.51. The second kappa shape index (κ2) is 12.1. The van der Waals surface area contributed by atoms with Crippen molar-refractivity contribution in [3.63, 3.8) is 0 Å². The summed E-state index contributed by atoms with van der Waals surface area (Å²) < 4.78 is 17.4. The number of thioether (sulfide) groups is 1. The van der Waals surface area contributed by atoms with Crippen LogP contribution < -0.4 is 14.8 Å². The number of carbonyl (C=O) groups is 2. The van der Waals surface area contributed by atoms with Crippen LogP contribution in [0.1, 0.15) is 17.3 Å². The van der Waals surface area contributed by atoms with Crippen molar-refractivity contribution in [1.82, 2.24) is 14.8 Å². The highest BCUT2D eigenvalue weighted by Crippen LogP contribution is 2.30. The average Bonchev–Trinajstić information content (AvgIpc) is 3.36. The molecule has 0 aliphatic heterocycles. The van der Waals surface area contributed by atoms with Gasteiger partial charge in [-0.1, -0.05) is 11.8 Å². The normalized spacial score (nSPS) is 10.6. The second-order valence-electron chi connectivity index (χ2n) is 7.70. The van der Waals surface area contributed by atoms with Crippen molar-refractivity contribution in [2.75, 3.05) is 31.9 Å². The molecule has 0 saturated heterocycles. The molecule has 4 rings (SSSR count). The molecule has 3 aromatic carbocycles. The fraction of sp³-hybridized carbons (Fsp3) is 0.185. The van der Waals surface area contributed by atoms with Crippen LogP contribution >= 0.6 is 11.8 Å². The zero-order valence-electron chi connectivity index (χ0n) is 20.6. The number of methoxy groups -OCH3 is 2. The minimum Gasteiger partial charge on any atom is -0.497 e. The van der Waals surface area contributed by atoms with Crippen LogP contribution in [-0.2, 0) is 9.53 Å². The number of nitrogens with one attached hydrogen (secondary N) is 1. The first-order valence-electron chi connectivity index (χ1n) is 11.5. The number of hydrogen-bond acceptors (Lipinski definition) is 8. The predicted octanol–water partition coefficient (Wildman–Crippen LogP) is 4.86. The predicted molar refractivity (Wildman–Crippen MR) is 142 cm³/mol. The van der Waals surface area contributed by atoms with Gasteiger partial charge >= 0.3 is 5.97 Å². The first kappa shape index (κ1) is 25.8. The Balaban J connectivity index is 1.55. The van der Waals surface area contributed by atoms with Gasteiger partial charge in [0.2, 0.25) is 5.91 Å². The molecule has 0 bridgehead atoms. The molecule has 1 aromatic heterocycles. The molecule has 37 heavy (non-hydrogen) atoms. The van der Waals surface area contributed by atoms with Crippen LogP contribution in [0.4, 0.5) is 5.69 Å². The third kappa shape index (κ3) is 6.28. The number of nitrogens with zero attached hydrogens (tertiary/aromatic N) is 3. The minimum atomic E-state index is -0.435. The van der Waals surface area contributed by atoms with Crippen molar-refractivity contribution in [2.24, 2.45) is 0 Å². The van der Waals surface area contributed by atoms with Crippen molar-refractivity contribution in [2.45, 2.75) is 12.1 Å². The van der Waals surface area contributed by atoms with Gasteiger partial charge in [-0.15, -0.1) is 10.2 Å². The first-order valence-corrected chi connectivity index (χ1v) is 12.4. The van der Waals surface area contributed by atoms with Gasteiger partial charge in [0.05, 0.1) is 32.1 Å². The molecule has 0 saturated carbocycles. The maximum absolute atomic E-state index is 12.7. The molecule has 0 unspecified atom stereocenters. The summed E-state index contributed by atoms with van der Waals surface area (Å²) in [6, 6.07) is 21.7. The first-order chi connectivity index (χ1) is 18.0. The van der Waals surface area contributed by atoms with Crippen molar-refractivity contribution < 1.29 is 23.8 Å². The third-order valence-electron chi connectivity index (χ3n) is 5.31. The number of amides is 1. The summed E-state index contributed by atoms with van der Waals surface area (Å²) in [4.78, 5) is 24.3. The Bertz CT molecular complexity index is 1350. The molecule has 0 aliphatic carbocycles. The van der Waals surface area contributed by atoms with Crippen LogP contribution in [0.15, 0.2) is 78.0 Å². The molecule has 0 atom stereocenters. The van der Waals surface area contributed by atoms with E-state index in [9.17, 15) is 9.59 Å². The number of carbonyl (C=O) groups excluding carboxylic acids is 2. The van der Waals surface area contributed by atoms with Gasteiger partial charge in [-0.05, 0) is 79.7 Å². The summed E-state index contributed by atoms with van der Waals surface area (Å²) in [5.41, 5.74) is 2.67. The monoisotopic (exact) mass is 518 g/mol. The van der Waals surface area contributed by atoms with Crippen LogP contribution in [0.25, 0.3) is 17.1 Å². The van der Waals surface area contributed by atoms with Crippen molar-refractivity contribution in [3.8, 4) is 28.6 Å². The third-order valence-corrected chi connectivity index (χ3v) is 6.24. The average molecular weight is 519 g/mol. The van der Waals surface area contributed by atoms with E-state index >= 15 is 0 Å².